The van der Waals surface area contributed by atoms with Gasteiger partial charge in [-0.1, -0.05) is 30.3 Å². The van der Waals surface area contributed by atoms with E-state index in [9.17, 15) is 13.2 Å². The van der Waals surface area contributed by atoms with Crippen molar-refractivity contribution in [3.05, 3.63) is 88.0 Å². The fourth-order valence-electron chi connectivity index (χ4n) is 3.00. The van der Waals surface area contributed by atoms with Crippen molar-refractivity contribution in [1.82, 2.24) is 5.43 Å². The molecule has 0 radical (unpaired) electrons. The summed E-state index contributed by atoms with van der Waals surface area (Å²) < 4.78 is 34.3. The molecule has 0 spiro atoms. The topological polar surface area (TPSA) is 88.1 Å². The minimum Gasteiger partial charge on any atom is -0.494 e. The Morgan fingerprint density at radius 1 is 1.03 bits per heavy atom. The van der Waals surface area contributed by atoms with Gasteiger partial charge in [0, 0.05) is 3.57 Å². The van der Waals surface area contributed by atoms with E-state index in [0.29, 0.717) is 23.8 Å². The average molecular weight is 577 g/mol. The molecule has 0 unspecified atom stereocenters. The largest absolute Gasteiger partial charge is 0.494 e. The molecule has 0 fully saturated rings. The van der Waals surface area contributed by atoms with E-state index >= 15 is 0 Å². The van der Waals surface area contributed by atoms with E-state index in [0.717, 1.165) is 13.4 Å². The molecule has 0 aromatic heterocycles. The zero-order chi connectivity index (χ0) is 23.8. The number of hydrogen-bond acceptors (Lipinski definition) is 5. The Hall–Kier alpha value is -2.92. The van der Waals surface area contributed by atoms with Gasteiger partial charge in [0.15, 0.2) is 0 Å². The minimum absolute atomic E-state index is 0.0882. The van der Waals surface area contributed by atoms with Crippen LogP contribution in [0.5, 0.6) is 5.75 Å². The van der Waals surface area contributed by atoms with Crippen LogP contribution in [0, 0.1) is 3.57 Å². The summed E-state index contributed by atoms with van der Waals surface area (Å²) in [5.41, 5.74) is 4.29. The van der Waals surface area contributed by atoms with Crippen molar-refractivity contribution in [3.63, 3.8) is 0 Å². The number of hydrazone groups is 1. The summed E-state index contributed by atoms with van der Waals surface area (Å²) in [6.07, 6.45) is 0. The average Bonchev–Trinajstić information content (AvgIpc) is 2.82. The molecule has 0 aliphatic heterocycles. The quantitative estimate of drug-likeness (QED) is 0.232. The van der Waals surface area contributed by atoms with Crippen LogP contribution in [0.1, 0.15) is 19.4 Å². The van der Waals surface area contributed by atoms with Gasteiger partial charge in [-0.15, -0.1) is 0 Å². The fraction of sp³-hybridized carbons (Fsp3) is 0.167. The number of nitrogens with one attached hydrogen (secondary N) is 1. The number of nitrogens with zero attached hydrogens (tertiary/aromatic N) is 2. The number of hydrogen-bond donors (Lipinski definition) is 1. The van der Waals surface area contributed by atoms with Crippen LogP contribution in [0.25, 0.3) is 0 Å². The van der Waals surface area contributed by atoms with E-state index in [1.165, 1.54) is 12.1 Å². The van der Waals surface area contributed by atoms with Crippen LogP contribution in [0.2, 0.25) is 0 Å². The Balaban J connectivity index is 1.86. The highest BCUT2D eigenvalue weighted by molar-refractivity contribution is 14.1. The van der Waals surface area contributed by atoms with Gasteiger partial charge in [0.25, 0.3) is 15.9 Å². The van der Waals surface area contributed by atoms with Crippen LogP contribution in [0.4, 0.5) is 5.69 Å². The van der Waals surface area contributed by atoms with Gasteiger partial charge in [0.05, 0.1) is 22.9 Å². The van der Waals surface area contributed by atoms with Gasteiger partial charge in [-0.25, -0.2) is 13.8 Å². The number of amides is 1. The lowest BCUT2D eigenvalue weighted by atomic mass is 10.1. The number of halogens is 1. The predicted octanol–water partition coefficient (Wildman–Crippen LogP) is 4.43. The maximum absolute atomic E-state index is 13.4. The standard InChI is InChI=1S/C24H24IN3O4S/c1-3-32-22-14-12-21(13-15-22)28(33(30,31)23-10-5-4-6-11-23)17-24(29)27-26-18(2)19-8-7-9-20(25)16-19/h4-16H,3,17H2,1-2H3,(H,27,29). The maximum atomic E-state index is 13.4. The summed E-state index contributed by atoms with van der Waals surface area (Å²) in [5, 5.41) is 4.15. The van der Waals surface area contributed by atoms with Crippen LogP contribution < -0.4 is 14.5 Å². The second-order valence-corrected chi connectivity index (χ2v) is 10.1. The van der Waals surface area contributed by atoms with Gasteiger partial charge in [-0.05, 0) is 90.5 Å². The molecular weight excluding hydrogens is 553 g/mol. The summed E-state index contributed by atoms with van der Waals surface area (Å²) in [6.45, 7) is 3.69. The number of ether oxygens (including phenoxy) is 1. The summed E-state index contributed by atoms with van der Waals surface area (Å²) in [5.74, 6) is 0.0499. The van der Waals surface area contributed by atoms with Crippen molar-refractivity contribution in [3.8, 4) is 5.75 Å². The van der Waals surface area contributed by atoms with Crippen molar-refractivity contribution >= 4 is 49.9 Å². The van der Waals surface area contributed by atoms with E-state index < -0.39 is 22.5 Å². The van der Waals surface area contributed by atoms with Gasteiger partial charge in [-0.2, -0.15) is 5.10 Å². The maximum Gasteiger partial charge on any atom is 0.264 e. The van der Waals surface area contributed by atoms with E-state index in [1.807, 2.05) is 31.2 Å². The smallest absolute Gasteiger partial charge is 0.264 e. The molecule has 0 heterocycles. The van der Waals surface area contributed by atoms with E-state index in [1.54, 1.807) is 49.4 Å². The van der Waals surface area contributed by atoms with Crippen LogP contribution in [0.3, 0.4) is 0 Å². The number of benzene rings is 3. The molecule has 9 heteroatoms. The first kappa shape index (κ1) is 24.7. The molecule has 0 saturated carbocycles. The molecule has 0 bridgehead atoms. The van der Waals surface area contributed by atoms with E-state index in [2.05, 4.69) is 33.1 Å². The fourth-order valence-corrected chi connectivity index (χ4v) is 4.99. The molecule has 0 aliphatic rings. The third-order valence-electron chi connectivity index (χ3n) is 4.64. The molecule has 1 N–H and O–H groups in total. The third kappa shape index (κ3) is 6.55. The molecule has 0 atom stereocenters. The van der Waals surface area contributed by atoms with Crippen molar-refractivity contribution < 1.29 is 17.9 Å². The first-order chi connectivity index (χ1) is 15.8. The highest BCUT2D eigenvalue weighted by atomic mass is 127. The molecule has 33 heavy (non-hydrogen) atoms. The molecule has 172 valence electrons. The Morgan fingerprint density at radius 3 is 2.36 bits per heavy atom. The molecular formula is C24H24IN3O4S. The number of rotatable bonds is 9. The molecule has 1 amide bonds. The Morgan fingerprint density at radius 2 is 1.73 bits per heavy atom. The third-order valence-corrected chi connectivity index (χ3v) is 7.10. The van der Waals surface area contributed by atoms with Gasteiger partial charge >= 0.3 is 0 Å². The highest BCUT2D eigenvalue weighted by Gasteiger charge is 2.27. The van der Waals surface area contributed by atoms with Crippen molar-refractivity contribution in [1.29, 1.82) is 0 Å². The van der Waals surface area contributed by atoms with Gasteiger partial charge in [0.2, 0.25) is 0 Å². The minimum atomic E-state index is -3.99. The zero-order valence-electron chi connectivity index (χ0n) is 18.2. The van der Waals surface area contributed by atoms with Crippen molar-refractivity contribution in [2.24, 2.45) is 5.10 Å². The predicted molar refractivity (Wildman–Crippen MR) is 138 cm³/mol. The lowest BCUT2D eigenvalue weighted by Gasteiger charge is -2.24. The molecule has 3 aromatic carbocycles. The summed E-state index contributed by atoms with van der Waals surface area (Å²) in [7, 11) is -3.99. The summed E-state index contributed by atoms with van der Waals surface area (Å²) in [4.78, 5) is 12.8. The number of sulfonamides is 1. The van der Waals surface area contributed by atoms with Crippen molar-refractivity contribution in [2.75, 3.05) is 17.5 Å². The second kappa shape index (κ2) is 11.3. The first-order valence-corrected chi connectivity index (χ1v) is 12.7. The second-order valence-electron chi connectivity index (χ2n) is 6.99. The molecule has 3 aromatic rings. The summed E-state index contributed by atoms with van der Waals surface area (Å²) in [6, 6.07) is 22.2. The highest BCUT2D eigenvalue weighted by Crippen LogP contribution is 2.25. The molecule has 0 aliphatic carbocycles. The lowest BCUT2D eigenvalue weighted by Crippen LogP contribution is -2.39. The van der Waals surface area contributed by atoms with Crippen molar-refractivity contribution in [2.45, 2.75) is 18.7 Å². The monoisotopic (exact) mass is 577 g/mol. The molecule has 0 saturated heterocycles. The Labute approximate surface area is 207 Å². The number of anilines is 1. The van der Waals surface area contributed by atoms with E-state index in [4.69, 9.17) is 4.74 Å². The molecule has 7 nitrogen and oxygen atoms in total. The normalized spacial score (nSPS) is 11.7. The number of carbonyl (C=O) groups is 1. The molecule has 3 rings (SSSR count). The van der Waals surface area contributed by atoms with Gasteiger partial charge in [0.1, 0.15) is 12.3 Å². The van der Waals surface area contributed by atoms with Crippen LogP contribution in [-0.4, -0.2) is 33.2 Å². The van der Waals surface area contributed by atoms with Crippen LogP contribution in [-0.2, 0) is 14.8 Å². The van der Waals surface area contributed by atoms with Gasteiger partial charge in [-0.3, -0.25) is 9.10 Å². The SMILES string of the molecule is CCOc1ccc(N(CC(=O)NN=C(C)c2cccc(I)c2)S(=O)(=O)c2ccccc2)cc1. The van der Waals surface area contributed by atoms with Gasteiger partial charge < -0.3 is 4.74 Å². The Bertz CT molecular complexity index is 1230. The van der Waals surface area contributed by atoms with Crippen LogP contribution in [0.15, 0.2) is 88.9 Å². The Kier molecular flexibility index (Phi) is 8.45. The van der Waals surface area contributed by atoms with E-state index in [-0.39, 0.29) is 4.90 Å². The van der Waals surface area contributed by atoms with Crippen LogP contribution >= 0.6 is 22.6 Å². The lowest BCUT2D eigenvalue weighted by molar-refractivity contribution is -0.119. The zero-order valence-corrected chi connectivity index (χ0v) is 21.2. The number of carbonyl (C=O) groups excluding carboxylic acids is 1. The summed E-state index contributed by atoms with van der Waals surface area (Å²) >= 11 is 2.20. The first-order valence-electron chi connectivity index (χ1n) is 10.2.